The summed E-state index contributed by atoms with van der Waals surface area (Å²) in [4.78, 5) is 12.9. The van der Waals surface area contributed by atoms with Crippen molar-refractivity contribution >= 4 is 33.9 Å². The Hall–Kier alpha value is -1.85. The molecule has 2 rings (SSSR count). The van der Waals surface area contributed by atoms with Gasteiger partial charge in [-0.1, -0.05) is 30.7 Å². The average Bonchev–Trinajstić information content (AvgIpc) is 2.66. The van der Waals surface area contributed by atoms with Crippen molar-refractivity contribution in [1.29, 1.82) is 0 Å². The lowest BCUT2D eigenvalue weighted by atomic mass is 9.91. The molecule has 1 unspecified atom stereocenters. The molecule has 2 aromatic rings. The molecule has 1 N–H and O–H groups in total. The van der Waals surface area contributed by atoms with Crippen LogP contribution in [0.1, 0.15) is 39.3 Å². The average molecular weight is 422 g/mol. The molecule has 0 saturated carbocycles. The van der Waals surface area contributed by atoms with Crippen molar-refractivity contribution in [2.75, 3.05) is 18.2 Å². The number of carbonyl (C=O) groups excluding carboxylic acids is 1. The van der Waals surface area contributed by atoms with Gasteiger partial charge in [0.05, 0.1) is 18.9 Å². The standard InChI is InChI=1S/C22H28ClNO3S/c1-15(20(25)14-28(26)22(2,3)4)21(16-6-8-17(23)9-7-16)24-18-10-12-19(27-5)13-11-18/h6-13,15,21,24H,14H2,1-5H3/t15-,21+,28?/m1/s1. The van der Waals surface area contributed by atoms with Crippen LogP contribution in [0.2, 0.25) is 5.02 Å². The van der Waals surface area contributed by atoms with Crippen molar-refractivity contribution < 1.29 is 13.7 Å². The Labute approximate surface area is 175 Å². The van der Waals surface area contributed by atoms with Crippen LogP contribution in [0, 0.1) is 5.92 Å². The van der Waals surface area contributed by atoms with E-state index in [0.29, 0.717) is 5.02 Å². The minimum absolute atomic E-state index is 0.0331. The van der Waals surface area contributed by atoms with Gasteiger partial charge in [-0.25, -0.2) is 0 Å². The van der Waals surface area contributed by atoms with Crippen LogP contribution in [0.4, 0.5) is 5.69 Å². The van der Waals surface area contributed by atoms with Gasteiger partial charge in [-0.2, -0.15) is 0 Å². The highest BCUT2D eigenvalue weighted by Gasteiger charge is 2.29. The molecule has 0 amide bonds. The van der Waals surface area contributed by atoms with Gasteiger partial charge in [0.25, 0.3) is 0 Å². The topological polar surface area (TPSA) is 55.4 Å². The van der Waals surface area contributed by atoms with E-state index in [9.17, 15) is 9.00 Å². The van der Waals surface area contributed by atoms with E-state index in [2.05, 4.69) is 5.32 Å². The summed E-state index contributed by atoms with van der Waals surface area (Å²) >= 11 is 6.03. The molecular weight excluding hydrogens is 394 g/mol. The largest absolute Gasteiger partial charge is 0.497 e. The number of hydrogen-bond donors (Lipinski definition) is 1. The van der Waals surface area contributed by atoms with E-state index in [1.54, 1.807) is 7.11 Å². The number of hydrogen-bond acceptors (Lipinski definition) is 4. The second-order valence-corrected chi connectivity index (χ2v) is 10.4. The zero-order valence-corrected chi connectivity index (χ0v) is 18.6. The van der Waals surface area contributed by atoms with Crippen molar-refractivity contribution in [3.63, 3.8) is 0 Å². The maximum absolute atomic E-state index is 12.9. The van der Waals surface area contributed by atoms with E-state index in [-0.39, 0.29) is 23.5 Å². The summed E-state index contributed by atoms with van der Waals surface area (Å²) < 4.78 is 17.2. The van der Waals surface area contributed by atoms with Gasteiger partial charge in [0.1, 0.15) is 5.75 Å². The third kappa shape index (κ3) is 6.08. The molecule has 0 spiro atoms. The minimum Gasteiger partial charge on any atom is -0.497 e. The van der Waals surface area contributed by atoms with Gasteiger partial charge >= 0.3 is 0 Å². The molecule has 0 aliphatic rings. The maximum Gasteiger partial charge on any atom is 0.150 e. The van der Waals surface area contributed by atoms with Crippen LogP contribution in [-0.2, 0) is 15.6 Å². The molecule has 4 nitrogen and oxygen atoms in total. The summed E-state index contributed by atoms with van der Waals surface area (Å²) in [5, 5.41) is 4.08. The summed E-state index contributed by atoms with van der Waals surface area (Å²) in [6.07, 6.45) is 0. The molecule has 6 heteroatoms. The molecule has 0 aliphatic heterocycles. The van der Waals surface area contributed by atoms with Gasteiger partial charge in [-0.05, 0) is 62.7 Å². The minimum atomic E-state index is -1.23. The van der Waals surface area contributed by atoms with Gasteiger partial charge in [0.2, 0.25) is 0 Å². The molecule has 0 heterocycles. The third-order valence-electron chi connectivity index (χ3n) is 4.61. The summed E-state index contributed by atoms with van der Waals surface area (Å²) in [5.74, 6) is 0.404. The number of ketones is 1. The first kappa shape index (κ1) is 22.4. The van der Waals surface area contributed by atoms with Gasteiger partial charge in [-0.3, -0.25) is 9.00 Å². The smallest absolute Gasteiger partial charge is 0.150 e. The molecule has 0 aliphatic carbocycles. The Bertz CT molecular complexity index is 813. The summed E-state index contributed by atoms with van der Waals surface area (Å²) in [6.45, 7) is 7.52. The van der Waals surface area contributed by atoms with Crippen LogP contribution in [0.15, 0.2) is 48.5 Å². The predicted octanol–water partition coefficient (Wildman–Crippen LogP) is 5.25. The van der Waals surface area contributed by atoms with E-state index in [1.165, 1.54) is 0 Å². The first-order valence-corrected chi connectivity index (χ1v) is 10.9. The lowest BCUT2D eigenvalue weighted by Gasteiger charge is -2.27. The predicted molar refractivity (Wildman–Crippen MR) is 118 cm³/mol. The zero-order valence-electron chi connectivity index (χ0n) is 17.0. The van der Waals surface area contributed by atoms with E-state index < -0.39 is 15.5 Å². The Morgan fingerprint density at radius 2 is 1.68 bits per heavy atom. The maximum atomic E-state index is 12.9. The Kier molecular flexibility index (Phi) is 7.67. The van der Waals surface area contributed by atoms with Crippen molar-refractivity contribution in [3.8, 4) is 5.75 Å². The lowest BCUT2D eigenvalue weighted by molar-refractivity contribution is -0.120. The number of halogens is 1. The molecule has 0 bridgehead atoms. The van der Waals surface area contributed by atoms with Crippen LogP contribution >= 0.6 is 11.6 Å². The zero-order chi connectivity index (χ0) is 20.9. The number of rotatable bonds is 8. The van der Waals surface area contributed by atoms with Crippen LogP contribution in [0.25, 0.3) is 0 Å². The first-order chi connectivity index (χ1) is 13.1. The summed E-state index contributed by atoms with van der Waals surface area (Å²) in [5.41, 5.74) is 1.82. The number of Topliss-reactive ketones (excluding diaryl/α,β-unsaturated/α-hetero) is 1. The highest BCUT2D eigenvalue weighted by Crippen LogP contribution is 2.30. The summed E-state index contributed by atoms with van der Waals surface area (Å²) in [6, 6.07) is 14.7. The fourth-order valence-electron chi connectivity index (χ4n) is 2.70. The number of benzene rings is 2. The molecule has 0 saturated heterocycles. The van der Waals surface area contributed by atoms with Gasteiger partial charge in [0.15, 0.2) is 5.78 Å². The molecule has 2 aromatic carbocycles. The third-order valence-corrected chi connectivity index (χ3v) is 6.77. The van der Waals surface area contributed by atoms with E-state index in [0.717, 1.165) is 17.0 Å². The van der Waals surface area contributed by atoms with E-state index in [4.69, 9.17) is 16.3 Å². The first-order valence-electron chi connectivity index (χ1n) is 9.19. The van der Waals surface area contributed by atoms with Crippen molar-refractivity contribution in [3.05, 3.63) is 59.1 Å². The molecular formula is C22H28ClNO3S. The normalized spacial score (nSPS) is 14.8. The molecule has 3 atom stereocenters. The monoisotopic (exact) mass is 421 g/mol. The number of methoxy groups -OCH3 is 1. The Morgan fingerprint density at radius 3 is 2.18 bits per heavy atom. The highest BCUT2D eigenvalue weighted by molar-refractivity contribution is 7.87. The lowest BCUT2D eigenvalue weighted by Crippen LogP contribution is -2.33. The Balaban J connectivity index is 2.27. The van der Waals surface area contributed by atoms with Crippen LogP contribution < -0.4 is 10.1 Å². The fourth-order valence-corrected chi connectivity index (χ4v) is 3.78. The summed E-state index contributed by atoms with van der Waals surface area (Å²) in [7, 11) is 0.390. The number of ether oxygens (including phenoxy) is 1. The van der Waals surface area contributed by atoms with Gasteiger partial charge in [-0.15, -0.1) is 0 Å². The Morgan fingerprint density at radius 1 is 1.11 bits per heavy atom. The van der Waals surface area contributed by atoms with Crippen LogP contribution in [0.5, 0.6) is 5.75 Å². The number of anilines is 1. The van der Waals surface area contributed by atoms with Gasteiger partial charge < -0.3 is 10.1 Å². The SMILES string of the molecule is COc1ccc(N[C@H](c2ccc(Cl)cc2)[C@H](C)C(=O)CS(=O)C(C)(C)C)cc1. The second-order valence-electron chi connectivity index (χ2n) is 7.76. The quantitative estimate of drug-likeness (QED) is 0.632. The van der Waals surface area contributed by atoms with Crippen LogP contribution in [0.3, 0.4) is 0 Å². The van der Waals surface area contributed by atoms with E-state index in [1.807, 2.05) is 76.2 Å². The molecule has 0 aromatic heterocycles. The van der Waals surface area contributed by atoms with Crippen molar-refractivity contribution in [2.24, 2.45) is 5.92 Å². The molecule has 152 valence electrons. The number of carbonyl (C=O) groups is 1. The number of nitrogens with one attached hydrogen (secondary N) is 1. The highest BCUT2D eigenvalue weighted by atomic mass is 35.5. The van der Waals surface area contributed by atoms with E-state index >= 15 is 0 Å². The van der Waals surface area contributed by atoms with Crippen molar-refractivity contribution in [1.82, 2.24) is 0 Å². The van der Waals surface area contributed by atoms with Crippen LogP contribution in [-0.4, -0.2) is 27.6 Å². The molecule has 28 heavy (non-hydrogen) atoms. The molecule has 0 fully saturated rings. The van der Waals surface area contributed by atoms with Gasteiger partial charge in [0, 0.05) is 32.2 Å². The fraction of sp³-hybridized carbons (Fsp3) is 0.409. The van der Waals surface area contributed by atoms with Crippen molar-refractivity contribution in [2.45, 2.75) is 38.5 Å². The molecule has 0 radical (unpaired) electrons. The second kappa shape index (κ2) is 9.57.